The molecule has 0 unspecified atom stereocenters. The van der Waals surface area contributed by atoms with Gasteiger partial charge in [-0.2, -0.15) is 0 Å². The molecule has 0 spiro atoms. The van der Waals surface area contributed by atoms with Crippen LogP contribution in [0.4, 0.5) is 0 Å². The van der Waals surface area contributed by atoms with Gasteiger partial charge in [-0.3, -0.25) is 10.1 Å². The fourth-order valence-electron chi connectivity index (χ4n) is 0.928. The van der Waals surface area contributed by atoms with Crippen molar-refractivity contribution in [3.05, 3.63) is 0 Å². The Balaban J connectivity index is 3.66. The van der Waals surface area contributed by atoms with Crippen molar-refractivity contribution in [1.29, 1.82) is 0 Å². The first kappa shape index (κ1) is 14.9. The molecule has 0 aliphatic carbocycles. The highest BCUT2D eigenvalue weighted by molar-refractivity contribution is 7.89. The standard InChI is InChI=1S/C9H17N3O3S/c1-3-5-10-8-9(13)11-6-7-16(14,15)12-4-2/h1,10,12H,4-8H2,2H3,(H,11,13). The van der Waals surface area contributed by atoms with Crippen LogP contribution in [-0.4, -0.2) is 46.3 Å². The molecule has 92 valence electrons. The molecule has 0 aliphatic rings. The number of hydrogen-bond donors (Lipinski definition) is 3. The molecule has 1 amide bonds. The van der Waals surface area contributed by atoms with Crippen molar-refractivity contribution in [1.82, 2.24) is 15.4 Å². The molecule has 0 radical (unpaired) electrons. The van der Waals surface area contributed by atoms with Crippen molar-refractivity contribution in [2.75, 3.05) is 31.9 Å². The van der Waals surface area contributed by atoms with Gasteiger partial charge in [0.15, 0.2) is 0 Å². The molecule has 3 N–H and O–H groups in total. The summed E-state index contributed by atoms with van der Waals surface area (Å²) in [6.45, 7) is 2.53. The number of amides is 1. The molecule has 0 aromatic rings. The first-order valence-corrected chi connectivity index (χ1v) is 6.55. The summed E-state index contributed by atoms with van der Waals surface area (Å²) in [7, 11) is -3.27. The predicted octanol–water partition coefficient (Wildman–Crippen LogP) is -1.74. The lowest BCUT2D eigenvalue weighted by Crippen LogP contribution is -2.38. The quantitative estimate of drug-likeness (QED) is 0.351. The van der Waals surface area contributed by atoms with Gasteiger partial charge in [-0.15, -0.1) is 6.42 Å². The van der Waals surface area contributed by atoms with Crippen molar-refractivity contribution in [2.45, 2.75) is 6.92 Å². The molecule has 6 nitrogen and oxygen atoms in total. The normalized spacial score (nSPS) is 10.8. The number of hydrogen-bond acceptors (Lipinski definition) is 4. The Hall–Kier alpha value is -1.10. The molecule has 0 saturated heterocycles. The largest absolute Gasteiger partial charge is 0.354 e. The molecule has 0 rings (SSSR count). The fraction of sp³-hybridized carbons (Fsp3) is 0.667. The minimum atomic E-state index is -3.27. The zero-order valence-corrected chi connectivity index (χ0v) is 10.1. The minimum absolute atomic E-state index is 0.0887. The third kappa shape index (κ3) is 8.23. The van der Waals surface area contributed by atoms with Gasteiger partial charge in [0.05, 0.1) is 18.8 Å². The van der Waals surface area contributed by atoms with E-state index in [0.29, 0.717) is 13.1 Å². The van der Waals surface area contributed by atoms with E-state index in [0.717, 1.165) is 0 Å². The average Bonchev–Trinajstić information content (AvgIpc) is 2.17. The van der Waals surface area contributed by atoms with Crippen molar-refractivity contribution in [3.63, 3.8) is 0 Å². The van der Waals surface area contributed by atoms with Crippen LogP contribution < -0.4 is 15.4 Å². The van der Waals surface area contributed by atoms with Crippen LogP contribution in [0.25, 0.3) is 0 Å². The van der Waals surface area contributed by atoms with Gasteiger partial charge < -0.3 is 5.32 Å². The van der Waals surface area contributed by atoms with Gasteiger partial charge in [-0.25, -0.2) is 13.1 Å². The molecule has 0 atom stereocenters. The first-order chi connectivity index (χ1) is 7.52. The highest BCUT2D eigenvalue weighted by atomic mass is 32.2. The monoisotopic (exact) mass is 247 g/mol. The summed E-state index contributed by atoms with van der Waals surface area (Å²) in [5, 5.41) is 5.16. The van der Waals surface area contributed by atoms with E-state index in [1.165, 1.54) is 0 Å². The van der Waals surface area contributed by atoms with Gasteiger partial charge in [0, 0.05) is 13.1 Å². The van der Waals surface area contributed by atoms with Crippen molar-refractivity contribution in [3.8, 4) is 12.3 Å². The lowest BCUT2D eigenvalue weighted by atomic mass is 10.5. The van der Waals surface area contributed by atoms with Crippen LogP contribution in [-0.2, 0) is 14.8 Å². The van der Waals surface area contributed by atoms with Gasteiger partial charge in [0.1, 0.15) is 0 Å². The number of rotatable bonds is 8. The van der Waals surface area contributed by atoms with E-state index in [-0.39, 0.29) is 24.7 Å². The molecule has 0 heterocycles. The number of carbonyl (C=O) groups excluding carboxylic acids is 1. The first-order valence-electron chi connectivity index (χ1n) is 4.90. The van der Waals surface area contributed by atoms with E-state index in [4.69, 9.17) is 6.42 Å². The smallest absolute Gasteiger partial charge is 0.234 e. The van der Waals surface area contributed by atoms with Crippen LogP contribution in [0, 0.1) is 12.3 Å². The van der Waals surface area contributed by atoms with E-state index >= 15 is 0 Å². The maximum absolute atomic E-state index is 11.2. The molecular formula is C9H17N3O3S. The summed E-state index contributed by atoms with van der Waals surface area (Å²) in [4.78, 5) is 11.1. The second-order valence-corrected chi connectivity index (χ2v) is 4.90. The van der Waals surface area contributed by atoms with Crippen LogP contribution in [0.15, 0.2) is 0 Å². The topological polar surface area (TPSA) is 87.3 Å². The Morgan fingerprint density at radius 1 is 1.44 bits per heavy atom. The second-order valence-electron chi connectivity index (χ2n) is 2.97. The van der Waals surface area contributed by atoms with Crippen molar-refractivity contribution in [2.24, 2.45) is 0 Å². The molecule has 0 aliphatic heterocycles. The zero-order valence-electron chi connectivity index (χ0n) is 9.25. The molecule has 0 aromatic carbocycles. The Morgan fingerprint density at radius 3 is 2.69 bits per heavy atom. The van der Waals surface area contributed by atoms with Gasteiger partial charge in [-0.05, 0) is 0 Å². The van der Waals surface area contributed by atoms with Crippen LogP contribution in [0.3, 0.4) is 0 Å². The highest BCUT2D eigenvalue weighted by Crippen LogP contribution is 1.81. The SMILES string of the molecule is C#CCNCC(=O)NCCS(=O)(=O)NCC. The number of nitrogens with one attached hydrogen (secondary N) is 3. The number of sulfonamides is 1. The number of carbonyl (C=O) groups is 1. The van der Waals surface area contributed by atoms with Gasteiger partial charge in [0.2, 0.25) is 15.9 Å². The maximum Gasteiger partial charge on any atom is 0.234 e. The Labute approximate surface area is 96.2 Å². The molecule has 16 heavy (non-hydrogen) atoms. The van der Waals surface area contributed by atoms with Crippen LogP contribution >= 0.6 is 0 Å². The maximum atomic E-state index is 11.2. The molecular weight excluding hydrogens is 230 g/mol. The van der Waals surface area contributed by atoms with Gasteiger partial charge >= 0.3 is 0 Å². The Kier molecular flexibility index (Phi) is 7.54. The van der Waals surface area contributed by atoms with E-state index in [2.05, 4.69) is 21.3 Å². The lowest BCUT2D eigenvalue weighted by molar-refractivity contribution is -0.120. The van der Waals surface area contributed by atoms with E-state index in [9.17, 15) is 13.2 Å². The summed E-state index contributed by atoms with van der Waals surface area (Å²) in [5.74, 6) is 1.92. The molecule has 0 fully saturated rings. The minimum Gasteiger partial charge on any atom is -0.354 e. The van der Waals surface area contributed by atoms with Crippen LogP contribution in [0.2, 0.25) is 0 Å². The van der Waals surface area contributed by atoms with Crippen molar-refractivity contribution < 1.29 is 13.2 Å². The van der Waals surface area contributed by atoms with E-state index < -0.39 is 10.0 Å². The fourth-order valence-corrected chi connectivity index (χ4v) is 1.88. The average molecular weight is 247 g/mol. The van der Waals surface area contributed by atoms with Gasteiger partial charge in [-0.1, -0.05) is 12.8 Å². The summed E-state index contributed by atoms with van der Waals surface area (Å²) < 4.78 is 24.7. The third-order valence-corrected chi connectivity index (χ3v) is 3.04. The van der Waals surface area contributed by atoms with Crippen LogP contribution in [0.5, 0.6) is 0 Å². The summed E-state index contributed by atoms with van der Waals surface area (Å²) in [6, 6.07) is 0. The molecule has 0 saturated carbocycles. The molecule has 0 bridgehead atoms. The summed E-state index contributed by atoms with van der Waals surface area (Å²) in [6.07, 6.45) is 4.97. The molecule has 0 aromatic heterocycles. The molecule has 7 heteroatoms. The second kappa shape index (κ2) is 8.10. The third-order valence-electron chi connectivity index (χ3n) is 1.57. The van der Waals surface area contributed by atoms with E-state index in [1.54, 1.807) is 6.92 Å². The summed E-state index contributed by atoms with van der Waals surface area (Å²) >= 11 is 0. The van der Waals surface area contributed by atoms with E-state index in [1.807, 2.05) is 0 Å². The highest BCUT2D eigenvalue weighted by Gasteiger charge is 2.08. The van der Waals surface area contributed by atoms with Crippen LogP contribution in [0.1, 0.15) is 6.92 Å². The Bertz CT molecular complexity index is 346. The summed E-state index contributed by atoms with van der Waals surface area (Å²) in [5.41, 5.74) is 0. The number of terminal acetylenes is 1. The van der Waals surface area contributed by atoms with Crippen molar-refractivity contribution >= 4 is 15.9 Å². The zero-order chi connectivity index (χ0) is 12.4. The predicted molar refractivity (Wildman–Crippen MR) is 62.2 cm³/mol. The Morgan fingerprint density at radius 2 is 2.12 bits per heavy atom. The van der Waals surface area contributed by atoms with Gasteiger partial charge in [0.25, 0.3) is 0 Å². The lowest BCUT2D eigenvalue weighted by Gasteiger charge is -2.06.